The summed E-state index contributed by atoms with van der Waals surface area (Å²) in [4.78, 5) is 37.4. The lowest BCUT2D eigenvalue weighted by Gasteiger charge is -2.32. The van der Waals surface area contributed by atoms with Gasteiger partial charge in [0.1, 0.15) is 5.75 Å². The molecule has 1 saturated heterocycles. The van der Waals surface area contributed by atoms with E-state index in [0.29, 0.717) is 48.0 Å². The molecule has 0 bridgehead atoms. The van der Waals surface area contributed by atoms with E-state index in [1.54, 1.807) is 30.3 Å². The molecule has 0 radical (unpaired) electrons. The normalized spacial score (nSPS) is 16.6. The molecule has 0 atom stereocenters. The molecule has 29 heavy (non-hydrogen) atoms. The number of amides is 2. The van der Waals surface area contributed by atoms with Crippen LogP contribution in [-0.2, 0) is 11.2 Å². The highest BCUT2D eigenvalue weighted by Gasteiger charge is 2.26. The molecule has 7 heteroatoms. The van der Waals surface area contributed by atoms with Crippen LogP contribution in [-0.4, -0.2) is 47.5 Å². The van der Waals surface area contributed by atoms with Crippen molar-refractivity contribution in [3.8, 4) is 5.75 Å². The van der Waals surface area contributed by atoms with Gasteiger partial charge in [0.05, 0.1) is 11.3 Å². The predicted octanol–water partition coefficient (Wildman–Crippen LogP) is 2.81. The number of fused-ring (bicyclic) bond motifs is 1. The molecule has 1 fully saturated rings. The number of anilines is 1. The highest BCUT2D eigenvalue weighted by molar-refractivity contribution is 5.99. The van der Waals surface area contributed by atoms with Crippen molar-refractivity contribution < 1.29 is 24.2 Å². The van der Waals surface area contributed by atoms with Gasteiger partial charge in [0.25, 0.3) is 11.8 Å². The quantitative estimate of drug-likeness (QED) is 0.831. The Labute approximate surface area is 168 Å². The molecule has 4 rings (SSSR count). The minimum Gasteiger partial charge on any atom is -0.482 e. The van der Waals surface area contributed by atoms with Crippen LogP contribution in [0.25, 0.3) is 0 Å². The fourth-order valence-corrected chi connectivity index (χ4v) is 3.95. The number of ether oxygens (including phenoxy) is 1. The Morgan fingerprint density at radius 3 is 2.66 bits per heavy atom. The molecule has 2 aromatic carbocycles. The van der Waals surface area contributed by atoms with E-state index < -0.39 is 5.97 Å². The maximum absolute atomic E-state index is 12.9. The van der Waals surface area contributed by atoms with Gasteiger partial charge >= 0.3 is 5.97 Å². The van der Waals surface area contributed by atoms with Crippen molar-refractivity contribution in [3.05, 3.63) is 59.2 Å². The number of rotatable bonds is 4. The molecule has 0 spiro atoms. The van der Waals surface area contributed by atoms with Gasteiger partial charge in [-0.05, 0) is 55.0 Å². The molecule has 150 valence electrons. The van der Waals surface area contributed by atoms with Gasteiger partial charge in [0.2, 0.25) is 0 Å². The van der Waals surface area contributed by atoms with Crippen LogP contribution in [0, 0.1) is 5.92 Å². The number of hydrogen-bond acceptors (Lipinski definition) is 4. The zero-order chi connectivity index (χ0) is 20.4. The Balaban J connectivity index is 1.38. The Morgan fingerprint density at radius 2 is 1.90 bits per heavy atom. The van der Waals surface area contributed by atoms with E-state index in [2.05, 4.69) is 5.32 Å². The summed E-state index contributed by atoms with van der Waals surface area (Å²) in [6, 6.07) is 12.2. The molecule has 2 amide bonds. The van der Waals surface area contributed by atoms with E-state index in [1.807, 2.05) is 17.0 Å². The van der Waals surface area contributed by atoms with Gasteiger partial charge in [-0.25, -0.2) is 4.79 Å². The van der Waals surface area contributed by atoms with Crippen molar-refractivity contribution in [1.29, 1.82) is 0 Å². The Kier molecular flexibility index (Phi) is 5.20. The second kappa shape index (κ2) is 7.95. The standard InChI is InChI=1S/C22H22N2O5/c25-20-13-29-19-12-16(5-6-18(19)23-20)21(26)24-9-7-14(8-10-24)11-15-3-1-2-4-17(15)22(27)28/h1-6,12,14H,7-11,13H2,(H,23,25)(H,27,28). The Hall–Kier alpha value is -3.35. The average molecular weight is 394 g/mol. The lowest BCUT2D eigenvalue weighted by Crippen LogP contribution is -2.39. The number of carbonyl (C=O) groups excluding carboxylic acids is 2. The van der Waals surface area contributed by atoms with Gasteiger partial charge in [-0.2, -0.15) is 0 Å². The molecule has 0 saturated carbocycles. The third-order valence-electron chi connectivity index (χ3n) is 5.52. The first-order valence-corrected chi connectivity index (χ1v) is 9.68. The zero-order valence-corrected chi connectivity index (χ0v) is 15.9. The fraction of sp³-hybridized carbons (Fsp3) is 0.318. The van der Waals surface area contributed by atoms with Crippen LogP contribution in [0.1, 0.15) is 39.1 Å². The number of nitrogens with one attached hydrogen (secondary N) is 1. The lowest BCUT2D eigenvalue weighted by atomic mass is 9.88. The molecular formula is C22H22N2O5. The second-order valence-corrected chi connectivity index (χ2v) is 7.45. The maximum Gasteiger partial charge on any atom is 0.335 e. The number of piperidine rings is 1. The van der Waals surface area contributed by atoms with Crippen molar-refractivity contribution in [2.75, 3.05) is 25.0 Å². The van der Waals surface area contributed by atoms with Crippen LogP contribution in [0.5, 0.6) is 5.75 Å². The highest BCUT2D eigenvalue weighted by Crippen LogP contribution is 2.30. The molecule has 0 unspecified atom stereocenters. The summed E-state index contributed by atoms with van der Waals surface area (Å²) >= 11 is 0. The fourth-order valence-electron chi connectivity index (χ4n) is 3.95. The molecule has 2 N–H and O–H groups in total. The zero-order valence-electron chi connectivity index (χ0n) is 15.9. The van der Waals surface area contributed by atoms with Crippen LogP contribution in [0.4, 0.5) is 5.69 Å². The molecule has 7 nitrogen and oxygen atoms in total. The monoisotopic (exact) mass is 394 g/mol. The van der Waals surface area contributed by atoms with E-state index in [1.165, 1.54) is 0 Å². The van der Waals surface area contributed by atoms with Gasteiger partial charge in [-0.1, -0.05) is 18.2 Å². The van der Waals surface area contributed by atoms with Crippen molar-refractivity contribution in [2.45, 2.75) is 19.3 Å². The highest BCUT2D eigenvalue weighted by atomic mass is 16.5. The average Bonchev–Trinajstić information content (AvgIpc) is 2.73. The van der Waals surface area contributed by atoms with E-state index in [0.717, 1.165) is 18.4 Å². The van der Waals surface area contributed by atoms with Crippen LogP contribution in [0.2, 0.25) is 0 Å². The topological polar surface area (TPSA) is 95.9 Å². The number of carboxylic acid groups (broad SMARTS) is 1. The molecular weight excluding hydrogens is 372 g/mol. The van der Waals surface area contributed by atoms with Crippen LogP contribution in [0.15, 0.2) is 42.5 Å². The van der Waals surface area contributed by atoms with Crippen molar-refractivity contribution >= 4 is 23.5 Å². The Bertz CT molecular complexity index is 963. The number of hydrogen-bond donors (Lipinski definition) is 2. The summed E-state index contributed by atoms with van der Waals surface area (Å²) in [5, 5.41) is 12.1. The predicted molar refractivity (Wildman–Crippen MR) is 106 cm³/mol. The van der Waals surface area contributed by atoms with E-state index >= 15 is 0 Å². The summed E-state index contributed by atoms with van der Waals surface area (Å²) in [5.41, 5.74) is 2.31. The van der Waals surface area contributed by atoms with Crippen molar-refractivity contribution in [2.24, 2.45) is 5.92 Å². The SMILES string of the molecule is O=C1COc2cc(C(=O)N3CCC(Cc4ccccc4C(=O)O)CC3)ccc2N1. The smallest absolute Gasteiger partial charge is 0.335 e. The van der Waals surface area contributed by atoms with Gasteiger partial charge in [-0.3, -0.25) is 9.59 Å². The first-order valence-electron chi connectivity index (χ1n) is 9.68. The van der Waals surface area contributed by atoms with Gasteiger partial charge < -0.3 is 20.1 Å². The third-order valence-corrected chi connectivity index (χ3v) is 5.52. The number of carboxylic acids is 1. The number of benzene rings is 2. The molecule has 2 aliphatic heterocycles. The summed E-state index contributed by atoms with van der Waals surface area (Å²) in [5.74, 6) is -0.308. The minimum atomic E-state index is -0.904. The van der Waals surface area contributed by atoms with E-state index in [4.69, 9.17) is 4.74 Å². The summed E-state index contributed by atoms with van der Waals surface area (Å²) in [7, 11) is 0. The molecule has 2 aliphatic rings. The summed E-state index contributed by atoms with van der Waals surface area (Å²) < 4.78 is 5.40. The van der Waals surface area contributed by atoms with Gasteiger partial charge in [-0.15, -0.1) is 0 Å². The number of nitrogens with zero attached hydrogens (tertiary/aromatic N) is 1. The number of carbonyl (C=O) groups is 3. The molecule has 2 heterocycles. The first kappa shape index (κ1) is 19.0. The van der Waals surface area contributed by atoms with Gasteiger partial charge in [0.15, 0.2) is 6.61 Å². The Morgan fingerprint density at radius 1 is 1.14 bits per heavy atom. The summed E-state index contributed by atoms with van der Waals surface area (Å²) in [6.07, 6.45) is 2.37. The first-order chi connectivity index (χ1) is 14.0. The van der Waals surface area contributed by atoms with Crippen LogP contribution < -0.4 is 10.1 Å². The largest absolute Gasteiger partial charge is 0.482 e. The minimum absolute atomic E-state index is 0.0478. The van der Waals surface area contributed by atoms with E-state index in [9.17, 15) is 19.5 Å². The third kappa shape index (κ3) is 4.08. The number of aromatic carboxylic acids is 1. The van der Waals surface area contributed by atoms with Crippen molar-refractivity contribution in [3.63, 3.8) is 0 Å². The molecule has 0 aliphatic carbocycles. The van der Waals surface area contributed by atoms with Gasteiger partial charge in [0, 0.05) is 18.7 Å². The lowest BCUT2D eigenvalue weighted by molar-refractivity contribution is -0.118. The molecule has 2 aromatic rings. The maximum atomic E-state index is 12.9. The van der Waals surface area contributed by atoms with Crippen molar-refractivity contribution in [1.82, 2.24) is 4.90 Å². The van der Waals surface area contributed by atoms with Crippen LogP contribution in [0.3, 0.4) is 0 Å². The van der Waals surface area contributed by atoms with Crippen LogP contribution >= 0.6 is 0 Å². The van der Waals surface area contributed by atoms with E-state index in [-0.39, 0.29) is 18.4 Å². The number of likely N-dealkylation sites (tertiary alicyclic amines) is 1. The second-order valence-electron chi connectivity index (χ2n) is 7.45. The summed E-state index contributed by atoms with van der Waals surface area (Å²) in [6.45, 7) is 1.22. The molecule has 0 aromatic heterocycles.